The number of nitro groups is 1. The van der Waals surface area contributed by atoms with E-state index >= 15 is 0 Å². The van der Waals surface area contributed by atoms with Gasteiger partial charge in [-0.3, -0.25) is 10.1 Å². The lowest BCUT2D eigenvalue weighted by molar-refractivity contribution is -0.384. The molecule has 0 radical (unpaired) electrons. The first-order chi connectivity index (χ1) is 14.8. The number of benzene rings is 2. The molecule has 0 N–H and O–H groups in total. The van der Waals surface area contributed by atoms with Crippen molar-refractivity contribution < 1.29 is 33.5 Å². The molecular formula is C22H17NO8. The minimum Gasteiger partial charge on any atom is -0.423 e. The molecular weight excluding hydrogens is 406 g/mol. The third-order valence-electron chi connectivity index (χ3n) is 5.06. The number of non-ortho nitro benzene ring substituents is 1. The molecule has 4 rings (SSSR count). The Bertz CT molecular complexity index is 1070. The molecule has 0 amide bonds. The van der Waals surface area contributed by atoms with Crippen LogP contribution in [0.15, 0.2) is 54.1 Å². The average molecular weight is 423 g/mol. The molecule has 1 saturated carbocycles. The SMILES string of the molecule is O=C1OC2(CCCC2)OC(=O)C1=Cc1ccc(OC(=O)c2cccc([N+](=O)[O-])c2)cc1. The van der Waals surface area contributed by atoms with Gasteiger partial charge in [0.1, 0.15) is 11.3 Å². The standard InChI is InChI=1S/C22H17NO8/c24-19(15-4-3-5-16(13-15)23(27)28)29-17-8-6-14(7-9-17)12-18-20(25)30-22(31-21(18)26)10-1-2-11-22/h3-9,12-13H,1-2,10-11H2. The number of hydrogen-bond acceptors (Lipinski definition) is 8. The predicted molar refractivity (Wildman–Crippen MR) is 106 cm³/mol. The van der Waals surface area contributed by atoms with Crippen molar-refractivity contribution in [2.24, 2.45) is 0 Å². The van der Waals surface area contributed by atoms with E-state index in [1.807, 2.05) is 0 Å². The van der Waals surface area contributed by atoms with Crippen molar-refractivity contribution in [3.05, 3.63) is 75.3 Å². The number of rotatable bonds is 4. The molecule has 2 aromatic carbocycles. The highest BCUT2D eigenvalue weighted by Gasteiger charge is 2.47. The van der Waals surface area contributed by atoms with Crippen molar-refractivity contribution in [3.8, 4) is 5.75 Å². The maximum Gasteiger partial charge on any atom is 0.348 e. The van der Waals surface area contributed by atoms with Crippen molar-refractivity contribution in [2.45, 2.75) is 31.5 Å². The Morgan fingerprint density at radius 3 is 2.29 bits per heavy atom. The van der Waals surface area contributed by atoms with Gasteiger partial charge in [0.05, 0.1) is 10.5 Å². The largest absolute Gasteiger partial charge is 0.423 e. The van der Waals surface area contributed by atoms with Gasteiger partial charge in [0.15, 0.2) is 0 Å². The lowest BCUT2D eigenvalue weighted by Crippen LogP contribution is -2.44. The van der Waals surface area contributed by atoms with Crippen molar-refractivity contribution in [1.82, 2.24) is 0 Å². The fourth-order valence-corrected chi connectivity index (χ4v) is 3.50. The van der Waals surface area contributed by atoms with Crippen LogP contribution in [-0.2, 0) is 19.1 Å². The van der Waals surface area contributed by atoms with E-state index in [1.165, 1.54) is 36.4 Å². The molecule has 0 bridgehead atoms. The maximum absolute atomic E-state index is 12.3. The Labute approximate surface area is 176 Å². The summed E-state index contributed by atoms with van der Waals surface area (Å²) in [5, 5.41) is 10.8. The number of esters is 3. The molecule has 2 aliphatic rings. The summed E-state index contributed by atoms with van der Waals surface area (Å²) in [7, 11) is 0. The smallest absolute Gasteiger partial charge is 0.348 e. The molecule has 158 valence electrons. The van der Waals surface area contributed by atoms with Crippen LogP contribution < -0.4 is 4.74 Å². The monoisotopic (exact) mass is 423 g/mol. The molecule has 1 heterocycles. The van der Waals surface area contributed by atoms with E-state index in [4.69, 9.17) is 14.2 Å². The lowest BCUT2D eigenvalue weighted by atomic mass is 10.1. The summed E-state index contributed by atoms with van der Waals surface area (Å²) in [6.07, 6.45) is 4.01. The Hall–Kier alpha value is -4.01. The molecule has 31 heavy (non-hydrogen) atoms. The first-order valence-corrected chi connectivity index (χ1v) is 9.60. The van der Waals surface area contributed by atoms with Crippen LogP contribution in [0.25, 0.3) is 6.08 Å². The highest BCUT2D eigenvalue weighted by molar-refractivity contribution is 6.18. The van der Waals surface area contributed by atoms with E-state index in [0.717, 1.165) is 18.9 Å². The topological polar surface area (TPSA) is 122 Å². The summed E-state index contributed by atoms with van der Waals surface area (Å²) in [4.78, 5) is 47.1. The number of nitro benzene ring substituents is 1. The van der Waals surface area contributed by atoms with E-state index in [-0.39, 0.29) is 22.6 Å². The van der Waals surface area contributed by atoms with Crippen molar-refractivity contribution >= 4 is 29.7 Å². The van der Waals surface area contributed by atoms with Gasteiger partial charge >= 0.3 is 17.9 Å². The van der Waals surface area contributed by atoms with Gasteiger partial charge in [0.2, 0.25) is 0 Å². The summed E-state index contributed by atoms with van der Waals surface area (Å²) in [6.45, 7) is 0. The number of hydrogen-bond donors (Lipinski definition) is 0. The van der Waals surface area contributed by atoms with E-state index in [9.17, 15) is 24.5 Å². The van der Waals surface area contributed by atoms with Gasteiger partial charge < -0.3 is 14.2 Å². The molecule has 0 atom stereocenters. The van der Waals surface area contributed by atoms with E-state index in [0.29, 0.717) is 18.4 Å². The Morgan fingerprint density at radius 2 is 1.68 bits per heavy atom. The lowest BCUT2D eigenvalue weighted by Gasteiger charge is -2.32. The minimum atomic E-state index is -1.13. The summed E-state index contributed by atoms with van der Waals surface area (Å²) < 4.78 is 16.0. The van der Waals surface area contributed by atoms with Gasteiger partial charge in [-0.25, -0.2) is 14.4 Å². The summed E-state index contributed by atoms with van der Waals surface area (Å²) in [5.74, 6) is -3.14. The number of carbonyl (C=O) groups excluding carboxylic acids is 3. The van der Waals surface area contributed by atoms with Crippen LogP contribution in [-0.4, -0.2) is 28.6 Å². The fraction of sp³-hybridized carbons (Fsp3) is 0.227. The van der Waals surface area contributed by atoms with Gasteiger partial charge in [-0.15, -0.1) is 0 Å². The third-order valence-corrected chi connectivity index (χ3v) is 5.06. The quantitative estimate of drug-likeness (QED) is 0.183. The molecule has 9 heteroatoms. The van der Waals surface area contributed by atoms with Crippen LogP contribution in [0.4, 0.5) is 5.69 Å². The van der Waals surface area contributed by atoms with Gasteiger partial charge in [0.25, 0.3) is 11.5 Å². The van der Waals surface area contributed by atoms with Gasteiger partial charge in [-0.1, -0.05) is 18.2 Å². The molecule has 1 saturated heterocycles. The fourth-order valence-electron chi connectivity index (χ4n) is 3.50. The zero-order chi connectivity index (χ0) is 22.0. The molecule has 2 aromatic rings. The van der Waals surface area contributed by atoms with E-state index < -0.39 is 28.6 Å². The summed E-state index contributed by atoms with van der Waals surface area (Å²) >= 11 is 0. The van der Waals surface area contributed by atoms with Crippen molar-refractivity contribution in [1.29, 1.82) is 0 Å². The second-order valence-corrected chi connectivity index (χ2v) is 7.22. The van der Waals surface area contributed by atoms with Gasteiger partial charge in [-0.05, 0) is 42.7 Å². The maximum atomic E-state index is 12.3. The van der Waals surface area contributed by atoms with Crippen LogP contribution in [0.2, 0.25) is 0 Å². The number of ether oxygens (including phenoxy) is 3. The number of nitrogens with zero attached hydrogens (tertiary/aromatic N) is 1. The van der Waals surface area contributed by atoms with Crippen LogP contribution in [0, 0.1) is 10.1 Å². The van der Waals surface area contributed by atoms with Gasteiger partial charge in [-0.2, -0.15) is 0 Å². The summed E-state index contributed by atoms with van der Waals surface area (Å²) in [5.41, 5.74) is 0.108. The molecule has 0 aromatic heterocycles. The predicted octanol–water partition coefficient (Wildman–Crippen LogP) is 3.57. The second-order valence-electron chi connectivity index (χ2n) is 7.22. The molecule has 2 fully saturated rings. The van der Waals surface area contributed by atoms with Crippen LogP contribution in [0.3, 0.4) is 0 Å². The van der Waals surface area contributed by atoms with Crippen LogP contribution in [0.1, 0.15) is 41.6 Å². The van der Waals surface area contributed by atoms with E-state index in [2.05, 4.69) is 0 Å². The Kier molecular flexibility index (Phi) is 5.24. The first kappa shape index (κ1) is 20.3. The Balaban J connectivity index is 1.45. The Morgan fingerprint density at radius 1 is 1.03 bits per heavy atom. The third kappa shape index (κ3) is 4.30. The molecule has 1 spiro atoms. The van der Waals surface area contributed by atoms with Crippen LogP contribution in [0.5, 0.6) is 5.75 Å². The minimum absolute atomic E-state index is 0.0360. The normalized spacial score (nSPS) is 17.1. The number of carbonyl (C=O) groups is 3. The van der Waals surface area contributed by atoms with E-state index in [1.54, 1.807) is 12.1 Å². The average Bonchev–Trinajstić information content (AvgIpc) is 3.19. The summed E-state index contributed by atoms with van der Waals surface area (Å²) in [6, 6.07) is 11.2. The second kappa shape index (κ2) is 8.02. The highest BCUT2D eigenvalue weighted by Crippen LogP contribution is 2.38. The molecule has 9 nitrogen and oxygen atoms in total. The van der Waals surface area contributed by atoms with Crippen LogP contribution >= 0.6 is 0 Å². The first-order valence-electron chi connectivity index (χ1n) is 9.60. The van der Waals surface area contributed by atoms with Crippen molar-refractivity contribution in [3.63, 3.8) is 0 Å². The van der Waals surface area contributed by atoms with Gasteiger partial charge in [0, 0.05) is 25.0 Å². The molecule has 1 aliphatic heterocycles. The van der Waals surface area contributed by atoms with Crippen molar-refractivity contribution in [2.75, 3.05) is 0 Å². The zero-order valence-corrected chi connectivity index (χ0v) is 16.2. The molecule has 0 unspecified atom stereocenters. The zero-order valence-electron chi connectivity index (χ0n) is 16.2. The highest BCUT2D eigenvalue weighted by atomic mass is 16.7. The molecule has 1 aliphatic carbocycles.